The molecule has 3 aromatic carbocycles. The first kappa shape index (κ1) is 23.8. The van der Waals surface area contributed by atoms with Crippen LogP contribution in [0.15, 0.2) is 87.3 Å². The van der Waals surface area contributed by atoms with Crippen LogP contribution in [0.1, 0.15) is 5.56 Å². The maximum atomic E-state index is 13.4. The van der Waals surface area contributed by atoms with Crippen molar-refractivity contribution in [1.82, 2.24) is 5.43 Å². The Kier molecular flexibility index (Phi) is 7.89. The van der Waals surface area contributed by atoms with Gasteiger partial charge in [-0.25, -0.2) is 13.8 Å². The third-order valence-corrected chi connectivity index (χ3v) is 7.06. The van der Waals surface area contributed by atoms with E-state index in [2.05, 4.69) is 26.5 Å². The molecule has 0 aromatic heterocycles. The SMILES string of the molecule is COc1ccc(Cl)cc1N(CC(=O)NN=Cc1ccccc1Br)S(=O)(=O)c1ccccc1. The van der Waals surface area contributed by atoms with Crippen molar-refractivity contribution in [2.45, 2.75) is 4.90 Å². The highest BCUT2D eigenvalue weighted by Gasteiger charge is 2.29. The van der Waals surface area contributed by atoms with E-state index in [1.165, 1.54) is 37.6 Å². The quantitative estimate of drug-likeness (QED) is 0.340. The normalized spacial score (nSPS) is 11.3. The molecule has 0 bridgehead atoms. The molecule has 0 spiro atoms. The number of nitrogens with one attached hydrogen (secondary N) is 1. The van der Waals surface area contributed by atoms with Crippen molar-refractivity contribution in [3.8, 4) is 5.75 Å². The predicted octanol–water partition coefficient (Wildman–Crippen LogP) is 4.46. The molecule has 0 unspecified atom stereocenters. The Morgan fingerprint density at radius 1 is 1.12 bits per heavy atom. The maximum absolute atomic E-state index is 13.4. The molecule has 0 saturated carbocycles. The zero-order valence-electron chi connectivity index (χ0n) is 16.9. The fraction of sp³-hybridized carbons (Fsp3) is 0.0909. The lowest BCUT2D eigenvalue weighted by molar-refractivity contribution is -0.119. The summed E-state index contributed by atoms with van der Waals surface area (Å²) < 4.78 is 33.8. The summed E-state index contributed by atoms with van der Waals surface area (Å²) in [6, 6.07) is 19.7. The van der Waals surface area contributed by atoms with Gasteiger partial charge in [-0.2, -0.15) is 5.10 Å². The number of halogens is 2. The molecule has 32 heavy (non-hydrogen) atoms. The van der Waals surface area contributed by atoms with Gasteiger partial charge in [-0.15, -0.1) is 0 Å². The number of hydrogen-bond donors (Lipinski definition) is 1. The summed E-state index contributed by atoms with van der Waals surface area (Å²) in [6.07, 6.45) is 1.46. The molecular weight excluding hydrogens is 518 g/mol. The summed E-state index contributed by atoms with van der Waals surface area (Å²) in [5.41, 5.74) is 3.25. The van der Waals surface area contributed by atoms with Crippen molar-refractivity contribution in [2.24, 2.45) is 5.10 Å². The Morgan fingerprint density at radius 3 is 2.50 bits per heavy atom. The number of carbonyl (C=O) groups excluding carboxylic acids is 1. The largest absolute Gasteiger partial charge is 0.495 e. The summed E-state index contributed by atoms with van der Waals surface area (Å²) in [7, 11) is -2.70. The van der Waals surface area contributed by atoms with Crippen LogP contribution in [0.4, 0.5) is 5.69 Å². The summed E-state index contributed by atoms with van der Waals surface area (Å²) in [5, 5.41) is 4.22. The summed E-state index contributed by atoms with van der Waals surface area (Å²) in [5.74, 6) is -0.395. The number of ether oxygens (including phenoxy) is 1. The van der Waals surface area contributed by atoms with Gasteiger partial charge in [0.2, 0.25) is 0 Å². The lowest BCUT2D eigenvalue weighted by Crippen LogP contribution is -2.39. The molecular formula is C22H19BrClN3O4S. The smallest absolute Gasteiger partial charge is 0.264 e. The van der Waals surface area contributed by atoms with Crippen LogP contribution in [0.25, 0.3) is 0 Å². The Hall–Kier alpha value is -2.88. The molecule has 1 amide bonds. The molecule has 166 valence electrons. The number of rotatable bonds is 8. The minimum Gasteiger partial charge on any atom is -0.495 e. The molecule has 3 aromatic rings. The van der Waals surface area contributed by atoms with E-state index in [9.17, 15) is 13.2 Å². The van der Waals surface area contributed by atoms with E-state index in [-0.39, 0.29) is 16.3 Å². The molecule has 10 heteroatoms. The highest BCUT2D eigenvalue weighted by molar-refractivity contribution is 9.10. The number of amides is 1. The van der Waals surface area contributed by atoms with Gasteiger partial charge in [-0.05, 0) is 36.4 Å². The number of hydrogen-bond acceptors (Lipinski definition) is 5. The van der Waals surface area contributed by atoms with Gasteiger partial charge in [0.15, 0.2) is 0 Å². The van der Waals surface area contributed by atoms with Crippen LogP contribution in [-0.4, -0.2) is 34.2 Å². The second-order valence-corrected chi connectivity index (χ2v) is 9.61. The van der Waals surface area contributed by atoms with Gasteiger partial charge in [0.05, 0.1) is 23.9 Å². The Morgan fingerprint density at radius 2 is 1.81 bits per heavy atom. The van der Waals surface area contributed by atoms with Crippen molar-refractivity contribution < 1.29 is 17.9 Å². The standard InChI is InChI=1S/C22H19BrClN3O4S/c1-31-21-12-11-17(24)13-20(21)27(32(29,30)18-8-3-2-4-9-18)15-22(28)26-25-14-16-7-5-6-10-19(16)23/h2-14H,15H2,1H3,(H,26,28). The van der Waals surface area contributed by atoms with Crippen molar-refractivity contribution in [3.05, 3.63) is 87.9 Å². The van der Waals surface area contributed by atoms with Crippen molar-refractivity contribution in [1.29, 1.82) is 0 Å². The molecule has 7 nitrogen and oxygen atoms in total. The van der Waals surface area contributed by atoms with Crippen LogP contribution in [0.3, 0.4) is 0 Å². The number of carbonyl (C=O) groups is 1. The van der Waals surface area contributed by atoms with E-state index in [4.69, 9.17) is 16.3 Å². The highest BCUT2D eigenvalue weighted by Crippen LogP contribution is 2.34. The minimum atomic E-state index is -4.11. The van der Waals surface area contributed by atoms with Crippen molar-refractivity contribution in [2.75, 3.05) is 18.0 Å². The molecule has 0 heterocycles. The third-order valence-electron chi connectivity index (χ3n) is 4.33. The fourth-order valence-corrected chi connectivity index (χ4v) is 4.79. The first-order chi connectivity index (χ1) is 15.3. The van der Waals surface area contributed by atoms with Gasteiger partial charge in [-0.3, -0.25) is 9.10 Å². The Balaban J connectivity index is 1.92. The molecule has 3 rings (SSSR count). The van der Waals surface area contributed by atoms with Crippen LogP contribution < -0.4 is 14.5 Å². The fourth-order valence-electron chi connectivity index (χ4n) is 2.80. The number of methoxy groups -OCH3 is 1. The topological polar surface area (TPSA) is 88.1 Å². The van der Waals surface area contributed by atoms with Gasteiger partial charge >= 0.3 is 0 Å². The summed E-state index contributed by atoms with van der Waals surface area (Å²) in [4.78, 5) is 12.7. The van der Waals surface area contributed by atoms with E-state index in [0.717, 1.165) is 14.3 Å². The van der Waals surface area contributed by atoms with Gasteiger partial charge in [0.1, 0.15) is 12.3 Å². The van der Waals surface area contributed by atoms with Crippen LogP contribution in [-0.2, 0) is 14.8 Å². The molecule has 0 radical (unpaired) electrons. The van der Waals surface area contributed by atoms with Crippen LogP contribution >= 0.6 is 27.5 Å². The Labute approximate surface area is 199 Å². The van der Waals surface area contributed by atoms with Crippen LogP contribution in [0.5, 0.6) is 5.75 Å². The number of benzene rings is 3. The predicted molar refractivity (Wildman–Crippen MR) is 129 cm³/mol. The third kappa shape index (κ3) is 5.67. The molecule has 0 aliphatic heterocycles. The first-order valence-electron chi connectivity index (χ1n) is 9.30. The van der Waals surface area contributed by atoms with Crippen molar-refractivity contribution in [3.63, 3.8) is 0 Å². The molecule has 0 fully saturated rings. The molecule has 0 atom stereocenters. The zero-order chi connectivity index (χ0) is 23.1. The second-order valence-electron chi connectivity index (χ2n) is 6.46. The van der Waals surface area contributed by atoms with Crippen LogP contribution in [0, 0.1) is 0 Å². The molecule has 1 N–H and O–H groups in total. The summed E-state index contributed by atoms with van der Waals surface area (Å²) >= 11 is 9.50. The van der Waals surface area contributed by atoms with Gasteiger partial charge in [0, 0.05) is 15.1 Å². The average Bonchev–Trinajstić information content (AvgIpc) is 2.79. The number of hydrazone groups is 1. The van der Waals surface area contributed by atoms with E-state index in [1.807, 2.05) is 24.3 Å². The van der Waals surface area contributed by atoms with Gasteiger partial charge < -0.3 is 4.74 Å². The van der Waals surface area contributed by atoms with E-state index in [1.54, 1.807) is 24.3 Å². The van der Waals surface area contributed by atoms with E-state index in [0.29, 0.717) is 5.02 Å². The molecule has 0 aliphatic rings. The number of anilines is 1. The maximum Gasteiger partial charge on any atom is 0.264 e. The highest BCUT2D eigenvalue weighted by atomic mass is 79.9. The molecule has 0 saturated heterocycles. The minimum absolute atomic E-state index is 0.0199. The zero-order valence-corrected chi connectivity index (χ0v) is 20.1. The average molecular weight is 537 g/mol. The van der Waals surface area contributed by atoms with Gasteiger partial charge in [0.25, 0.3) is 15.9 Å². The molecule has 0 aliphatic carbocycles. The van der Waals surface area contributed by atoms with Gasteiger partial charge in [-0.1, -0.05) is 63.9 Å². The Bertz CT molecular complexity index is 1240. The monoisotopic (exact) mass is 535 g/mol. The summed E-state index contributed by atoms with van der Waals surface area (Å²) in [6.45, 7) is -0.540. The number of nitrogens with zero attached hydrogens (tertiary/aromatic N) is 2. The van der Waals surface area contributed by atoms with Crippen molar-refractivity contribution >= 4 is 55.4 Å². The first-order valence-corrected chi connectivity index (χ1v) is 11.9. The van der Waals surface area contributed by atoms with Crippen LogP contribution in [0.2, 0.25) is 5.02 Å². The number of sulfonamides is 1. The lowest BCUT2D eigenvalue weighted by Gasteiger charge is -2.25. The van der Waals surface area contributed by atoms with E-state index < -0.39 is 22.5 Å². The van der Waals surface area contributed by atoms with E-state index >= 15 is 0 Å². The lowest BCUT2D eigenvalue weighted by atomic mass is 10.2. The second kappa shape index (κ2) is 10.6.